The van der Waals surface area contributed by atoms with Crippen LogP contribution in [0.5, 0.6) is 0 Å². The minimum absolute atomic E-state index is 0.184. The molecule has 0 fully saturated rings. The number of unbranched alkanes of at least 4 members (excludes halogenated alkanes) is 6. The van der Waals surface area contributed by atoms with Crippen LogP contribution in [0.1, 0.15) is 91.4 Å². The van der Waals surface area contributed by atoms with Crippen LogP contribution in [0.2, 0.25) is 0 Å². The van der Waals surface area contributed by atoms with Crippen LogP contribution in [-0.2, 0) is 9.47 Å². The lowest BCUT2D eigenvalue weighted by Gasteiger charge is -2.21. The van der Waals surface area contributed by atoms with Crippen molar-refractivity contribution in [3.05, 3.63) is 0 Å². The second kappa shape index (κ2) is 16.7. The van der Waals surface area contributed by atoms with Crippen molar-refractivity contribution in [1.82, 2.24) is 0 Å². The average molecular weight is 333 g/mol. The van der Waals surface area contributed by atoms with E-state index in [4.69, 9.17) is 9.47 Å². The number of hydrogen-bond donors (Lipinski definition) is 2. The lowest BCUT2D eigenvalue weighted by Crippen LogP contribution is -2.30. The molecule has 0 saturated carbocycles. The van der Waals surface area contributed by atoms with Gasteiger partial charge in [0.15, 0.2) is 6.29 Å². The minimum atomic E-state index is -0.610. The maximum atomic E-state index is 9.71. The van der Waals surface area contributed by atoms with Gasteiger partial charge < -0.3 is 19.7 Å². The molecule has 0 aromatic carbocycles. The fourth-order valence-corrected chi connectivity index (χ4v) is 2.57. The molecule has 0 rings (SSSR count). The van der Waals surface area contributed by atoms with Crippen molar-refractivity contribution in [2.24, 2.45) is 0 Å². The molecular formula is C19H40O4. The number of aliphatic hydroxyl groups excluding tert-OH is 2. The van der Waals surface area contributed by atoms with E-state index in [1.807, 2.05) is 0 Å². The van der Waals surface area contributed by atoms with Crippen molar-refractivity contribution in [2.75, 3.05) is 13.2 Å². The first-order chi connectivity index (χ1) is 11.1. The molecule has 0 saturated heterocycles. The Bertz CT molecular complexity index is 233. The van der Waals surface area contributed by atoms with Crippen molar-refractivity contribution >= 4 is 0 Å². The Labute approximate surface area is 143 Å². The van der Waals surface area contributed by atoms with Crippen LogP contribution in [0, 0.1) is 0 Å². The SMILES string of the molecule is CCCCCCCCOC(OCCCCC(O)CCC)C(C)O. The van der Waals surface area contributed by atoms with Crippen LogP contribution in [-0.4, -0.2) is 41.9 Å². The zero-order valence-corrected chi connectivity index (χ0v) is 15.6. The van der Waals surface area contributed by atoms with Gasteiger partial charge in [-0.15, -0.1) is 0 Å². The van der Waals surface area contributed by atoms with Gasteiger partial charge >= 0.3 is 0 Å². The van der Waals surface area contributed by atoms with Gasteiger partial charge in [-0.25, -0.2) is 0 Å². The Morgan fingerprint density at radius 2 is 1.26 bits per heavy atom. The third-order valence-corrected chi connectivity index (χ3v) is 4.01. The molecule has 0 aliphatic heterocycles. The first-order valence-corrected chi connectivity index (χ1v) is 9.71. The van der Waals surface area contributed by atoms with E-state index in [9.17, 15) is 10.2 Å². The predicted molar refractivity (Wildman–Crippen MR) is 95.5 cm³/mol. The summed E-state index contributed by atoms with van der Waals surface area (Å²) < 4.78 is 11.3. The van der Waals surface area contributed by atoms with Gasteiger partial charge in [-0.1, -0.05) is 52.4 Å². The highest BCUT2D eigenvalue weighted by Gasteiger charge is 2.15. The minimum Gasteiger partial charge on any atom is -0.393 e. The molecule has 0 heterocycles. The molecule has 4 heteroatoms. The highest BCUT2D eigenvalue weighted by atomic mass is 16.7. The highest BCUT2D eigenvalue weighted by Crippen LogP contribution is 2.10. The van der Waals surface area contributed by atoms with Crippen molar-refractivity contribution in [2.45, 2.75) is 110 Å². The summed E-state index contributed by atoms with van der Waals surface area (Å²) in [6, 6.07) is 0. The summed E-state index contributed by atoms with van der Waals surface area (Å²) >= 11 is 0. The van der Waals surface area contributed by atoms with Crippen molar-refractivity contribution in [3.63, 3.8) is 0 Å². The van der Waals surface area contributed by atoms with E-state index in [-0.39, 0.29) is 6.10 Å². The second-order valence-electron chi connectivity index (χ2n) is 6.56. The lowest BCUT2D eigenvalue weighted by molar-refractivity contribution is -0.190. The number of rotatable bonds is 17. The molecule has 3 atom stereocenters. The zero-order valence-electron chi connectivity index (χ0n) is 15.6. The lowest BCUT2D eigenvalue weighted by atomic mass is 10.1. The highest BCUT2D eigenvalue weighted by molar-refractivity contribution is 4.57. The molecule has 0 radical (unpaired) electrons. The van der Waals surface area contributed by atoms with Crippen LogP contribution in [0.4, 0.5) is 0 Å². The smallest absolute Gasteiger partial charge is 0.183 e. The summed E-state index contributed by atoms with van der Waals surface area (Å²) in [6.07, 6.45) is 10.6. The summed E-state index contributed by atoms with van der Waals surface area (Å²) in [5.74, 6) is 0. The van der Waals surface area contributed by atoms with Crippen LogP contribution < -0.4 is 0 Å². The molecule has 140 valence electrons. The van der Waals surface area contributed by atoms with Gasteiger partial charge in [0, 0.05) is 13.2 Å². The second-order valence-corrected chi connectivity index (χ2v) is 6.56. The summed E-state index contributed by atoms with van der Waals surface area (Å²) in [4.78, 5) is 0. The monoisotopic (exact) mass is 332 g/mol. The van der Waals surface area contributed by atoms with Crippen molar-refractivity contribution in [1.29, 1.82) is 0 Å². The largest absolute Gasteiger partial charge is 0.393 e. The van der Waals surface area contributed by atoms with Gasteiger partial charge in [0.1, 0.15) is 6.10 Å². The molecule has 0 aromatic heterocycles. The van der Waals surface area contributed by atoms with Gasteiger partial charge in [0.25, 0.3) is 0 Å². The summed E-state index contributed by atoms with van der Waals surface area (Å²) in [5, 5.41) is 19.4. The van der Waals surface area contributed by atoms with E-state index >= 15 is 0 Å². The van der Waals surface area contributed by atoms with Crippen molar-refractivity contribution < 1.29 is 19.7 Å². The molecule has 2 N–H and O–H groups in total. The normalized spacial score (nSPS) is 15.5. The number of aliphatic hydroxyl groups is 2. The van der Waals surface area contributed by atoms with E-state index in [2.05, 4.69) is 13.8 Å². The van der Waals surface area contributed by atoms with E-state index < -0.39 is 12.4 Å². The standard InChI is InChI=1S/C19H40O4/c1-4-6-7-8-9-11-15-22-19(17(3)20)23-16-12-10-14-18(21)13-5-2/h17-21H,4-16H2,1-3H3. The van der Waals surface area contributed by atoms with Gasteiger partial charge in [0.2, 0.25) is 0 Å². The molecule has 0 amide bonds. The van der Waals surface area contributed by atoms with Gasteiger partial charge in [0.05, 0.1) is 6.10 Å². The third kappa shape index (κ3) is 15.1. The van der Waals surface area contributed by atoms with Gasteiger partial charge in [-0.05, 0) is 39.0 Å². The molecule has 0 aromatic rings. The van der Waals surface area contributed by atoms with E-state index in [0.717, 1.165) is 38.5 Å². The third-order valence-electron chi connectivity index (χ3n) is 4.01. The average Bonchev–Trinajstić information content (AvgIpc) is 2.51. The van der Waals surface area contributed by atoms with Crippen LogP contribution in [0.3, 0.4) is 0 Å². The van der Waals surface area contributed by atoms with Crippen LogP contribution in [0.15, 0.2) is 0 Å². The van der Waals surface area contributed by atoms with Crippen molar-refractivity contribution in [3.8, 4) is 0 Å². The molecule has 0 aliphatic carbocycles. The van der Waals surface area contributed by atoms with Crippen LogP contribution in [0.25, 0.3) is 0 Å². The molecule has 0 bridgehead atoms. The number of ether oxygens (including phenoxy) is 2. The molecule has 4 nitrogen and oxygen atoms in total. The predicted octanol–water partition coefficient (Wildman–Crippen LogP) is 4.42. The quantitative estimate of drug-likeness (QED) is 0.306. The maximum Gasteiger partial charge on any atom is 0.183 e. The molecule has 3 unspecified atom stereocenters. The van der Waals surface area contributed by atoms with Gasteiger partial charge in [-0.2, -0.15) is 0 Å². The van der Waals surface area contributed by atoms with Crippen LogP contribution >= 0.6 is 0 Å². The first kappa shape index (κ1) is 22.8. The Morgan fingerprint density at radius 3 is 1.83 bits per heavy atom. The topological polar surface area (TPSA) is 58.9 Å². The summed E-state index contributed by atoms with van der Waals surface area (Å²) in [5.41, 5.74) is 0. The fourth-order valence-electron chi connectivity index (χ4n) is 2.57. The molecule has 0 aliphatic rings. The fraction of sp³-hybridized carbons (Fsp3) is 1.00. The summed E-state index contributed by atoms with van der Waals surface area (Å²) in [6.45, 7) is 7.23. The maximum absolute atomic E-state index is 9.71. The molecule has 23 heavy (non-hydrogen) atoms. The Morgan fingerprint density at radius 1 is 0.696 bits per heavy atom. The Balaban J connectivity index is 3.59. The Kier molecular flexibility index (Phi) is 16.6. The Hall–Kier alpha value is -0.160. The van der Waals surface area contributed by atoms with E-state index in [1.54, 1.807) is 6.92 Å². The first-order valence-electron chi connectivity index (χ1n) is 9.71. The zero-order chi connectivity index (χ0) is 17.3. The molecular weight excluding hydrogens is 292 g/mol. The molecule has 0 spiro atoms. The van der Waals surface area contributed by atoms with E-state index in [1.165, 1.54) is 32.1 Å². The number of hydrogen-bond acceptors (Lipinski definition) is 4. The van der Waals surface area contributed by atoms with Gasteiger partial charge in [-0.3, -0.25) is 0 Å². The summed E-state index contributed by atoms with van der Waals surface area (Å²) in [7, 11) is 0. The van der Waals surface area contributed by atoms with E-state index in [0.29, 0.717) is 13.2 Å².